The van der Waals surface area contributed by atoms with Crippen molar-refractivity contribution in [2.45, 2.75) is 13.8 Å². The van der Waals surface area contributed by atoms with Gasteiger partial charge in [-0.3, -0.25) is 0 Å². The fourth-order valence-corrected chi connectivity index (χ4v) is 3.44. The van der Waals surface area contributed by atoms with Crippen LogP contribution in [0.5, 0.6) is 0 Å². The minimum Gasteiger partial charge on any atom is -0.368 e. The van der Waals surface area contributed by atoms with E-state index in [1.165, 1.54) is 16.8 Å². The number of benzene rings is 2. The van der Waals surface area contributed by atoms with Gasteiger partial charge in [0.1, 0.15) is 0 Å². The fourth-order valence-electron chi connectivity index (χ4n) is 3.44. The molecule has 0 spiro atoms. The number of nitrogens with zero attached hydrogens (tertiary/aromatic N) is 3. The highest BCUT2D eigenvalue weighted by Crippen LogP contribution is 2.24. The minimum absolute atomic E-state index is 0.0514. The van der Waals surface area contributed by atoms with E-state index in [1.54, 1.807) is 6.33 Å². The number of imidazole rings is 1. The minimum atomic E-state index is -0.0514. The molecule has 1 fully saturated rings. The number of aromatic amines is 1. The zero-order chi connectivity index (χ0) is 18.1. The van der Waals surface area contributed by atoms with E-state index in [0.29, 0.717) is 13.1 Å². The van der Waals surface area contributed by atoms with Crippen molar-refractivity contribution in [1.82, 2.24) is 14.9 Å². The van der Waals surface area contributed by atoms with E-state index in [4.69, 9.17) is 0 Å². The van der Waals surface area contributed by atoms with Crippen LogP contribution in [0.4, 0.5) is 16.2 Å². The Morgan fingerprint density at radius 3 is 2.73 bits per heavy atom. The molecule has 2 heterocycles. The molecule has 26 heavy (non-hydrogen) atoms. The number of carbonyl (C=O) groups is 1. The van der Waals surface area contributed by atoms with Crippen LogP contribution in [-0.4, -0.2) is 47.1 Å². The van der Waals surface area contributed by atoms with E-state index < -0.39 is 0 Å². The molecule has 0 bridgehead atoms. The van der Waals surface area contributed by atoms with Crippen LogP contribution in [0.2, 0.25) is 0 Å². The Kier molecular flexibility index (Phi) is 4.24. The van der Waals surface area contributed by atoms with Crippen LogP contribution in [0.15, 0.2) is 42.7 Å². The van der Waals surface area contributed by atoms with Crippen molar-refractivity contribution in [3.63, 3.8) is 0 Å². The number of anilines is 2. The van der Waals surface area contributed by atoms with Crippen molar-refractivity contribution < 1.29 is 4.79 Å². The first kappa shape index (κ1) is 16.4. The summed E-state index contributed by atoms with van der Waals surface area (Å²) < 4.78 is 0. The van der Waals surface area contributed by atoms with Crippen LogP contribution in [0, 0.1) is 13.8 Å². The molecule has 0 atom stereocenters. The van der Waals surface area contributed by atoms with Crippen molar-refractivity contribution in [2.75, 3.05) is 36.4 Å². The van der Waals surface area contributed by atoms with Gasteiger partial charge < -0.3 is 20.1 Å². The number of H-pyrrole nitrogens is 1. The average molecular weight is 349 g/mol. The lowest BCUT2D eigenvalue weighted by atomic mass is 10.1. The number of carbonyl (C=O) groups excluding carboxylic acids is 1. The molecule has 134 valence electrons. The van der Waals surface area contributed by atoms with E-state index in [-0.39, 0.29) is 6.03 Å². The zero-order valence-electron chi connectivity index (χ0n) is 15.1. The fraction of sp³-hybridized carbons (Fsp3) is 0.300. The van der Waals surface area contributed by atoms with E-state index in [2.05, 4.69) is 52.2 Å². The van der Waals surface area contributed by atoms with E-state index >= 15 is 0 Å². The summed E-state index contributed by atoms with van der Waals surface area (Å²) in [5.41, 5.74) is 6.49. The lowest BCUT2D eigenvalue weighted by molar-refractivity contribution is 0.208. The van der Waals surface area contributed by atoms with Gasteiger partial charge in [-0.05, 0) is 49.2 Å². The Morgan fingerprint density at radius 2 is 1.92 bits per heavy atom. The highest BCUT2D eigenvalue weighted by Gasteiger charge is 2.22. The van der Waals surface area contributed by atoms with Crippen LogP contribution >= 0.6 is 0 Å². The van der Waals surface area contributed by atoms with Crippen molar-refractivity contribution in [1.29, 1.82) is 0 Å². The van der Waals surface area contributed by atoms with Gasteiger partial charge in [0.05, 0.1) is 17.4 Å². The van der Waals surface area contributed by atoms with Gasteiger partial charge in [-0.15, -0.1) is 0 Å². The molecule has 1 saturated heterocycles. The number of aromatic nitrogens is 2. The summed E-state index contributed by atoms with van der Waals surface area (Å²) in [6.45, 7) is 7.42. The largest absolute Gasteiger partial charge is 0.368 e. The molecule has 0 unspecified atom stereocenters. The van der Waals surface area contributed by atoms with E-state index in [1.807, 2.05) is 23.1 Å². The summed E-state index contributed by atoms with van der Waals surface area (Å²) in [7, 11) is 0. The third-order valence-corrected chi connectivity index (χ3v) is 5.16. The van der Waals surface area contributed by atoms with Crippen molar-refractivity contribution in [3.05, 3.63) is 53.9 Å². The van der Waals surface area contributed by atoms with Crippen LogP contribution in [0.3, 0.4) is 0 Å². The van der Waals surface area contributed by atoms with Crippen molar-refractivity contribution in [2.24, 2.45) is 0 Å². The van der Waals surface area contributed by atoms with Gasteiger partial charge >= 0.3 is 6.03 Å². The predicted octanol–water partition coefficient (Wildman–Crippen LogP) is 3.53. The van der Waals surface area contributed by atoms with Gasteiger partial charge in [-0.1, -0.05) is 12.1 Å². The molecule has 4 rings (SSSR count). The molecule has 6 heteroatoms. The molecule has 0 saturated carbocycles. The summed E-state index contributed by atoms with van der Waals surface area (Å²) in [6.07, 6.45) is 1.66. The summed E-state index contributed by atoms with van der Waals surface area (Å²) in [5.74, 6) is 0. The first-order valence-corrected chi connectivity index (χ1v) is 8.92. The monoisotopic (exact) mass is 349 g/mol. The Labute approximate surface area is 152 Å². The number of hydrogen-bond donors (Lipinski definition) is 2. The Morgan fingerprint density at radius 1 is 1.12 bits per heavy atom. The number of piperazine rings is 1. The number of aryl methyl sites for hydroxylation is 1. The maximum absolute atomic E-state index is 12.6. The molecular formula is C20H23N5O. The first-order valence-electron chi connectivity index (χ1n) is 8.92. The molecule has 3 aromatic rings. The molecule has 2 N–H and O–H groups in total. The summed E-state index contributed by atoms with van der Waals surface area (Å²) in [5, 5.41) is 2.99. The van der Waals surface area contributed by atoms with E-state index in [0.717, 1.165) is 29.8 Å². The van der Waals surface area contributed by atoms with Gasteiger partial charge in [0.2, 0.25) is 0 Å². The maximum atomic E-state index is 12.6. The number of fused-ring (bicyclic) bond motifs is 1. The number of amides is 2. The van der Waals surface area contributed by atoms with Gasteiger partial charge in [-0.2, -0.15) is 0 Å². The van der Waals surface area contributed by atoms with Crippen LogP contribution in [-0.2, 0) is 0 Å². The molecule has 2 amide bonds. The van der Waals surface area contributed by atoms with Gasteiger partial charge in [0.25, 0.3) is 0 Å². The predicted molar refractivity (Wildman–Crippen MR) is 105 cm³/mol. The lowest BCUT2D eigenvalue weighted by Crippen LogP contribution is -2.50. The second-order valence-electron chi connectivity index (χ2n) is 6.76. The highest BCUT2D eigenvalue weighted by molar-refractivity contribution is 5.92. The summed E-state index contributed by atoms with van der Waals surface area (Å²) in [4.78, 5) is 24.1. The van der Waals surface area contributed by atoms with Crippen molar-refractivity contribution in [3.8, 4) is 0 Å². The molecule has 2 aromatic carbocycles. The number of nitrogens with one attached hydrogen (secondary N) is 2. The smallest absolute Gasteiger partial charge is 0.321 e. The molecule has 0 aliphatic carbocycles. The van der Waals surface area contributed by atoms with Crippen LogP contribution in [0.25, 0.3) is 11.0 Å². The molecule has 1 aromatic heterocycles. The third-order valence-electron chi connectivity index (χ3n) is 5.16. The van der Waals surface area contributed by atoms with E-state index in [9.17, 15) is 4.79 Å². The van der Waals surface area contributed by atoms with Crippen molar-refractivity contribution >= 4 is 28.4 Å². The summed E-state index contributed by atoms with van der Waals surface area (Å²) in [6, 6.07) is 12.0. The Bertz CT molecular complexity index is 940. The van der Waals surface area contributed by atoms with Crippen LogP contribution in [0.1, 0.15) is 11.1 Å². The second kappa shape index (κ2) is 6.71. The second-order valence-corrected chi connectivity index (χ2v) is 6.76. The summed E-state index contributed by atoms with van der Waals surface area (Å²) >= 11 is 0. The van der Waals surface area contributed by atoms with Gasteiger partial charge in [0.15, 0.2) is 0 Å². The molecule has 1 aliphatic rings. The number of urea groups is 1. The lowest BCUT2D eigenvalue weighted by Gasteiger charge is -2.37. The third kappa shape index (κ3) is 3.10. The van der Waals surface area contributed by atoms with Gasteiger partial charge in [0, 0.05) is 37.6 Å². The molecular weight excluding hydrogens is 326 g/mol. The average Bonchev–Trinajstić information content (AvgIpc) is 3.12. The Hall–Kier alpha value is -3.02. The molecule has 1 aliphatic heterocycles. The quantitative estimate of drug-likeness (QED) is 0.744. The first-order chi connectivity index (χ1) is 12.6. The zero-order valence-corrected chi connectivity index (χ0v) is 15.1. The van der Waals surface area contributed by atoms with Gasteiger partial charge in [-0.25, -0.2) is 9.78 Å². The highest BCUT2D eigenvalue weighted by atomic mass is 16.2. The maximum Gasteiger partial charge on any atom is 0.321 e. The molecule has 0 radical (unpaired) electrons. The number of rotatable bonds is 2. The Balaban J connectivity index is 1.39. The number of hydrogen-bond acceptors (Lipinski definition) is 3. The van der Waals surface area contributed by atoms with Crippen LogP contribution < -0.4 is 10.2 Å². The SMILES string of the molecule is Cc1cccc(N2CCN(C(=O)Nc3ccc4nc[nH]c4c3)CC2)c1C. The normalized spacial score (nSPS) is 14.7. The standard InChI is InChI=1S/C20H23N5O/c1-14-4-3-5-19(15(14)2)24-8-10-25(11-9-24)20(26)23-16-6-7-17-18(12-16)22-13-21-17/h3-7,12-13H,8-11H2,1-2H3,(H,21,22)(H,23,26). The molecule has 6 nitrogen and oxygen atoms in total. The topological polar surface area (TPSA) is 64.3 Å².